The largest absolute Gasteiger partial charge is 0.465 e. The molecule has 3 heteroatoms. The lowest BCUT2D eigenvalue weighted by Gasteiger charge is -2.18. The summed E-state index contributed by atoms with van der Waals surface area (Å²) in [5.74, 6) is -0.266. The van der Waals surface area contributed by atoms with Gasteiger partial charge in [0.05, 0.1) is 6.61 Å². The molecule has 0 radical (unpaired) electrons. The smallest absolute Gasteiger partial charge is 0.315 e. The van der Waals surface area contributed by atoms with Crippen molar-refractivity contribution in [3.8, 4) is 0 Å². The maximum absolute atomic E-state index is 12.0. The van der Waals surface area contributed by atoms with Gasteiger partial charge in [0, 0.05) is 12.2 Å². The van der Waals surface area contributed by atoms with Crippen molar-refractivity contribution in [3.63, 3.8) is 0 Å². The summed E-state index contributed by atoms with van der Waals surface area (Å²) in [6, 6.07) is 7.92. The van der Waals surface area contributed by atoms with E-state index in [1.807, 2.05) is 24.3 Å². The number of hydrogen-bond donors (Lipinski definition) is 1. The molecule has 0 amide bonds. The van der Waals surface area contributed by atoms with Gasteiger partial charge < -0.3 is 10.1 Å². The van der Waals surface area contributed by atoms with E-state index in [0.717, 1.165) is 17.7 Å². The van der Waals surface area contributed by atoms with Gasteiger partial charge >= 0.3 is 5.97 Å². The number of carbonyl (C=O) groups is 1. The number of para-hydroxylation sites is 1. The molecule has 18 heavy (non-hydrogen) atoms. The Balaban J connectivity index is 1.92. The number of nitrogens with one attached hydrogen (secondary N) is 1. The van der Waals surface area contributed by atoms with Gasteiger partial charge in [-0.2, -0.15) is 0 Å². The lowest BCUT2D eigenvalue weighted by molar-refractivity contribution is -0.145. The Morgan fingerprint density at radius 2 is 2.11 bits per heavy atom. The molecule has 1 aliphatic rings. The number of benzene rings is 1. The summed E-state index contributed by atoms with van der Waals surface area (Å²) in [6.45, 7) is 7.59. The molecule has 1 heterocycles. The molecule has 1 aromatic carbocycles. The third kappa shape index (κ3) is 3.03. The van der Waals surface area contributed by atoms with Crippen LogP contribution >= 0.6 is 0 Å². The fourth-order valence-electron chi connectivity index (χ4n) is 2.05. The molecular weight excluding hydrogens is 226 g/mol. The number of rotatable bonds is 3. The van der Waals surface area contributed by atoms with Crippen molar-refractivity contribution < 1.29 is 9.53 Å². The number of anilines is 1. The van der Waals surface area contributed by atoms with Crippen molar-refractivity contribution in [3.05, 3.63) is 29.8 Å². The fraction of sp³-hybridized carbons (Fsp3) is 0.533. The zero-order valence-corrected chi connectivity index (χ0v) is 11.3. The molecule has 98 valence electrons. The second kappa shape index (κ2) is 5.01. The van der Waals surface area contributed by atoms with Gasteiger partial charge in [-0.25, -0.2) is 0 Å². The highest BCUT2D eigenvalue weighted by atomic mass is 16.5. The van der Waals surface area contributed by atoms with Crippen molar-refractivity contribution in [2.75, 3.05) is 18.5 Å². The van der Waals surface area contributed by atoms with E-state index in [1.165, 1.54) is 0 Å². The van der Waals surface area contributed by atoms with Crippen LogP contribution in [0.3, 0.4) is 0 Å². The number of ether oxygens (including phenoxy) is 1. The summed E-state index contributed by atoms with van der Waals surface area (Å²) in [7, 11) is 0. The van der Waals surface area contributed by atoms with Gasteiger partial charge in [-0.1, -0.05) is 39.0 Å². The molecule has 0 saturated heterocycles. The lowest BCUT2D eigenvalue weighted by Crippen LogP contribution is -2.20. The summed E-state index contributed by atoms with van der Waals surface area (Å²) in [4.78, 5) is 12.0. The van der Waals surface area contributed by atoms with E-state index in [2.05, 4.69) is 26.1 Å². The van der Waals surface area contributed by atoms with Crippen LogP contribution < -0.4 is 5.32 Å². The minimum absolute atomic E-state index is 0.114. The Morgan fingerprint density at radius 3 is 2.83 bits per heavy atom. The SMILES string of the molecule is CC(C)(C)CCOC(=O)C1CNc2ccccc21. The van der Waals surface area contributed by atoms with Gasteiger partial charge in [-0.3, -0.25) is 4.79 Å². The zero-order chi connectivity index (χ0) is 13.2. The van der Waals surface area contributed by atoms with E-state index < -0.39 is 0 Å². The number of esters is 1. The standard InChI is InChI=1S/C15H21NO2/c1-15(2,3)8-9-18-14(17)12-10-16-13-7-5-4-6-11(12)13/h4-7,12,16H,8-10H2,1-3H3. The lowest BCUT2D eigenvalue weighted by atomic mass is 9.93. The van der Waals surface area contributed by atoms with Crippen LogP contribution in [0.1, 0.15) is 38.7 Å². The highest BCUT2D eigenvalue weighted by Crippen LogP contribution is 2.32. The Bertz CT molecular complexity index is 434. The first-order chi connectivity index (χ1) is 8.47. The van der Waals surface area contributed by atoms with E-state index in [-0.39, 0.29) is 17.3 Å². The third-order valence-corrected chi connectivity index (χ3v) is 3.21. The second-order valence-corrected chi connectivity index (χ2v) is 6.00. The van der Waals surface area contributed by atoms with Crippen LogP contribution in [0.5, 0.6) is 0 Å². The summed E-state index contributed by atoms with van der Waals surface area (Å²) in [6.07, 6.45) is 0.889. The van der Waals surface area contributed by atoms with Gasteiger partial charge in [0.2, 0.25) is 0 Å². The predicted molar refractivity (Wildman–Crippen MR) is 72.7 cm³/mol. The highest BCUT2D eigenvalue weighted by Gasteiger charge is 2.29. The molecule has 0 aromatic heterocycles. The number of hydrogen-bond acceptors (Lipinski definition) is 3. The first-order valence-electron chi connectivity index (χ1n) is 6.47. The Morgan fingerprint density at radius 1 is 1.39 bits per heavy atom. The topological polar surface area (TPSA) is 38.3 Å². The molecule has 1 atom stereocenters. The molecule has 3 nitrogen and oxygen atoms in total. The van der Waals surface area contributed by atoms with Gasteiger partial charge in [-0.15, -0.1) is 0 Å². The number of fused-ring (bicyclic) bond motifs is 1. The normalized spacial score (nSPS) is 18.1. The molecule has 0 aliphatic carbocycles. The molecule has 1 aromatic rings. The van der Waals surface area contributed by atoms with Crippen molar-refractivity contribution >= 4 is 11.7 Å². The molecule has 2 rings (SSSR count). The predicted octanol–water partition coefficient (Wildman–Crippen LogP) is 3.18. The van der Waals surface area contributed by atoms with Crippen LogP contribution in [0.4, 0.5) is 5.69 Å². The minimum atomic E-state index is -0.152. The molecule has 1 unspecified atom stereocenters. The van der Waals surface area contributed by atoms with E-state index >= 15 is 0 Å². The van der Waals surface area contributed by atoms with Gasteiger partial charge in [-0.05, 0) is 23.5 Å². The van der Waals surface area contributed by atoms with Gasteiger partial charge in [0.15, 0.2) is 0 Å². The zero-order valence-electron chi connectivity index (χ0n) is 11.3. The van der Waals surface area contributed by atoms with Crippen molar-refractivity contribution in [2.24, 2.45) is 5.41 Å². The average Bonchev–Trinajstić information content (AvgIpc) is 2.70. The van der Waals surface area contributed by atoms with Crippen LogP contribution in [0.2, 0.25) is 0 Å². The van der Waals surface area contributed by atoms with Crippen molar-refractivity contribution in [1.29, 1.82) is 0 Å². The van der Waals surface area contributed by atoms with Crippen LogP contribution in [0, 0.1) is 5.41 Å². The first kappa shape index (κ1) is 12.9. The Kier molecular flexibility index (Phi) is 3.60. The molecule has 0 spiro atoms. The van der Waals surface area contributed by atoms with E-state index in [0.29, 0.717) is 13.2 Å². The second-order valence-electron chi connectivity index (χ2n) is 6.00. The Hall–Kier alpha value is -1.51. The van der Waals surface area contributed by atoms with Crippen LogP contribution in [-0.2, 0) is 9.53 Å². The molecule has 1 aliphatic heterocycles. The van der Waals surface area contributed by atoms with Gasteiger partial charge in [0.1, 0.15) is 5.92 Å². The summed E-state index contributed by atoms with van der Waals surface area (Å²) in [5.41, 5.74) is 2.31. The molecule has 0 saturated carbocycles. The minimum Gasteiger partial charge on any atom is -0.465 e. The monoisotopic (exact) mass is 247 g/mol. The van der Waals surface area contributed by atoms with Crippen LogP contribution in [-0.4, -0.2) is 19.1 Å². The molecule has 0 bridgehead atoms. The van der Waals surface area contributed by atoms with Gasteiger partial charge in [0.25, 0.3) is 0 Å². The van der Waals surface area contributed by atoms with Crippen molar-refractivity contribution in [2.45, 2.75) is 33.1 Å². The quantitative estimate of drug-likeness (QED) is 0.834. The summed E-state index contributed by atoms with van der Waals surface area (Å²) >= 11 is 0. The maximum atomic E-state index is 12.0. The highest BCUT2D eigenvalue weighted by molar-refractivity contribution is 5.83. The number of carbonyl (C=O) groups excluding carboxylic acids is 1. The molecular formula is C15H21NO2. The Labute approximate surface area is 109 Å². The summed E-state index contributed by atoms with van der Waals surface area (Å²) < 4.78 is 5.38. The van der Waals surface area contributed by atoms with E-state index in [9.17, 15) is 4.79 Å². The van der Waals surface area contributed by atoms with Crippen LogP contribution in [0.15, 0.2) is 24.3 Å². The molecule has 1 N–H and O–H groups in total. The maximum Gasteiger partial charge on any atom is 0.315 e. The fourth-order valence-corrected chi connectivity index (χ4v) is 2.05. The van der Waals surface area contributed by atoms with Crippen LogP contribution in [0.25, 0.3) is 0 Å². The summed E-state index contributed by atoms with van der Waals surface area (Å²) in [5, 5.41) is 3.24. The molecule has 0 fully saturated rings. The first-order valence-corrected chi connectivity index (χ1v) is 6.47. The average molecular weight is 247 g/mol. The van der Waals surface area contributed by atoms with E-state index in [4.69, 9.17) is 4.74 Å². The van der Waals surface area contributed by atoms with E-state index in [1.54, 1.807) is 0 Å². The third-order valence-electron chi connectivity index (χ3n) is 3.21. The van der Waals surface area contributed by atoms with Crippen molar-refractivity contribution in [1.82, 2.24) is 0 Å².